The number of ether oxygens (including phenoxy) is 1. The van der Waals surface area contributed by atoms with E-state index < -0.39 is 0 Å². The Morgan fingerprint density at radius 1 is 1.62 bits per heavy atom. The van der Waals surface area contributed by atoms with Gasteiger partial charge in [0.2, 0.25) is 0 Å². The molecule has 0 bridgehead atoms. The first-order chi connectivity index (χ1) is 3.77. The van der Waals surface area contributed by atoms with E-state index in [1.807, 2.05) is 0 Å². The highest BCUT2D eigenvalue weighted by atomic mass is 28.1. The molecule has 0 saturated carbocycles. The van der Waals surface area contributed by atoms with Crippen LogP contribution >= 0.6 is 0 Å². The Labute approximate surface area is 54.8 Å². The summed E-state index contributed by atoms with van der Waals surface area (Å²) in [6, 6.07) is 0. The van der Waals surface area contributed by atoms with Crippen molar-refractivity contribution in [2.24, 2.45) is 0 Å². The Bertz CT molecular complexity index is 45.8. The maximum atomic E-state index is 5.34. The van der Waals surface area contributed by atoms with E-state index in [1.54, 1.807) is 0 Å². The van der Waals surface area contributed by atoms with Crippen molar-refractivity contribution in [3.63, 3.8) is 0 Å². The lowest BCUT2D eigenvalue weighted by molar-refractivity contribution is 0.116. The predicted octanol–water partition coefficient (Wildman–Crippen LogP) is 0.514. The lowest BCUT2D eigenvalue weighted by Crippen LogP contribution is -2.07. The van der Waals surface area contributed by atoms with Gasteiger partial charge in [0, 0.05) is 22.6 Å². The Kier molecular flexibility index (Phi) is 5.43. The molecule has 8 heavy (non-hydrogen) atoms. The molecule has 2 heteroatoms. The first-order valence-corrected chi connectivity index (χ1v) is 4.54. The van der Waals surface area contributed by atoms with Crippen LogP contribution in [0.15, 0.2) is 0 Å². The van der Waals surface area contributed by atoms with Crippen molar-refractivity contribution in [2.75, 3.05) is 6.61 Å². The van der Waals surface area contributed by atoms with Crippen LogP contribution in [0.3, 0.4) is 0 Å². The van der Waals surface area contributed by atoms with Crippen LogP contribution in [0.25, 0.3) is 0 Å². The van der Waals surface area contributed by atoms with Crippen LogP contribution < -0.4 is 0 Å². The molecular formula is C6H16OSi. The fourth-order valence-corrected chi connectivity index (χ4v) is 0.699. The molecule has 1 nitrogen and oxygen atoms in total. The van der Waals surface area contributed by atoms with E-state index in [0.717, 1.165) is 16.8 Å². The maximum absolute atomic E-state index is 5.34. The molecule has 0 rings (SSSR count). The smallest absolute Gasteiger partial charge is 0.0464 e. The second-order valence-electron chi connectivity index (χ2n) is 2.27. The fourth-order valence-electron chi connectivity index (χ4n) is 0.463. The van der Waals surface area contributed by atoms with E-state index in [0.29, 0.717) is 5.73 Å². The summed E-state index contributed by atoms with van der Waals surface area (Å²) in [5.41, 5.74) is 0.543. The highest BCUT2D eigenvalue weighted by Crippen LogP contribution is 1.89. The van der Waals surface area contributed by atoms with Crippen molar-refractivity contribution < 1.29 is 4.74 Å². The Morgan fingerprint density at radius 3 is 2.62 bits per heavy atom. The van der Waals surface area contributed by atoms with Gasteiger partial charge in [-0.1, -0.05) is 13.3 Å². The summed E-state index contributed by atoms with van der Waals surface area (Å²) >= 11 is 0. The number of hydrogen-bond acceptors (Lipinski definition) is 1. The number of hydrogen-bond donors (Lipinski definition) is 0. The highest BCUT2D eigenvalue weighted by molar-refractivity contribution is 6.10. The standard InChI is InChI=1S/C6H16OSi/c1-3-4-5-7-6(2)8/h6H,3-5H2,1-2,8H3. The van der Waals surface area contributed by atoms with Gasteiger partial charge in [-0.25, -0.2) is 0 Å². The van der Waals surface area contributed by atoms with Crippen LogP contribution in [0.2, 0.25) is 0 Å². The zero-order valence-electron chi connectivity index (χ0n) is 6.11. The SMILES string of the molecule is CCCCOC(C)[SiH3]. The lowest BCUT2D eigenvalue weighted by Gasteiger charge is -2.04. The molecule has 0 N–H and O–H groups in total. The summed E-state index contributed by atoms with van der Waals surface area (Å²) in [6.45, 7) is 5.27. The van der Waals surface area contributed by atoms with E-state index in [9.17, 15) is 0 Å². The van der Waals surface area contributed by atoms with Gasteiger partial charge in [0.25, 0.3) is 0 Å². The zero-order valence-corrected chi connectivity index (χ0v) is 8.11. The van der Waals surface area contributed by atoms with Crippen molar-refractivity contribution in [3.8, 4) is 0 Å². The summed E-state index contributed by atoms with van der Waals surface area (Å²) in [4.78, 5) is 0. The van der Waals surface area contributed by atoms with Crippen molar-refractivity contribution >= 4 is 10.2 Å². The summed E-state index contributed by atoms with van der Waals surface area (Å²) in [5.74, 6) is 0. The minimum atomic E-state index is 0.543. The molecule has 0 aliphatic carbocycles. The van der Waals surface area contributed by atoms with E-state index in [-0.39, 0.29) is 0 Å². The second-order valence-corrected chi connectivity index (χ2v) is 3.90. The monoisotopic (exact) mass is 132 g/mol. The average molecular weight is 132 g/mol. The molecule has 0 aliphatic rings. The van der Waals surface area contributed by atoms with Gasteiger partial charge in [0.1, 0.15) is 0 Å². The average Bonchev–Trinajstić information content (AvgIpc) is 1.66. The zero-order chi connectivity index (χ0) is 6.41. The van der Waals surface area contributed by atoms with Crippen molar-refractivity contribution in [3.05, 3.63) is 0 Å². The first kappa shape index (κ1) is 8.18. The molecule has 0 amide bonds. The first-order valence-electron chi connectivity index (χ1n) is 3.39. The molecular weight excluding hydrogens is 116 g/mol. The van der Waals surface area contributed by atoms with Gasteiger partial charge in [-0.2, -0.15) is 0 Å². The summed E-state index contributed by atoms with van der Waals surface area (Å²) in [6.07, 6.45) is 2.46. The topological polar surface area (TPSA) is 9.23 Å². The van der Waals surface area contributed by atoms with Gasteiger partial charge in [-0.05, 0) is 13.3 Å². The van der Waals surface area contributed by atoms with Crippen LogP contribution in [0, 0.1) is 0 Å². The summed E-state index contributed by atoms with van der Waals surface area (Å²) < 4.78 is 5.34. The van der Waals surface area contributed by atoms with E-state index in [4.69, 9.17) is 4.74 Å². The minimum absolute atomic E-state index is 0.543. The molecule has 0 saturated heterocycles. The molecule has 0 fully saturated rings. The Morgan fingerprint density at radius 2 is 2.25 bits per heavy atom. The van der Waals surface area contributed by atoms with E-state index in [1.165, 1.54) is 12.8 Å². The minimum Gasteiger partial charge on any atom is -0.383 e. The molecule has 1 unspecified atom stereocenters. The Balaban J connectivity index is 2.72. The van der Waals surface area contributed by atoms with Crippen LogP contribution in [0.1, 0.15) is 26.7 Å². The van der Waals surface area contributed by atoms with Crippen LogP contribution in [0.5, 0.6) is 0 Å². The van der Waals surface area contributed by atoms with Crippen LogP contribution in [-0.2, 0) is 4.74 Å². The van der Waals surface area contributed by atoms with Gasteiger partial charge in [0.15, 0.2) is 0 Å². The van der Waals surface area contributed by atoms with Gasteiger partial charge in [0.05, 0.1) is 0 Å². The largest absolute Gasteiger partial charge is 0.383 e. The third kappa shape index (κ3) is 6.18. The Hall–Kier alpha value is 0.177. The second kappa shape index (κ2) is 5.32. The van der Waals surface area contributed by atoms with Crippen molar-refractivity contribution in [1.82, 2.24) is 0 Å². The third-order valence-electron chi connectivity index (χ3n) is 0.949. The maximum Gasteiger partial charge on any atom is 0.0464 e. The van der Waals surface area contributed by atoms with Crippen molar-refractivity contribution in [2.45, 2.75) is 32.4 Å². The van der Waals surface area contributed by atoms with E-state index >= 15 is 0 Å². The fraction of sp³-hybridized carbons (Fsp3) is 1.00. The lowest BCUT2D eigenvalue weighted by atomic mass is 10.4. The van der Waals surface area contributed by atoms with Crippen LogP contribution in [0.4, 0.5) is 0 Å². The molecule has 1 atom stereocenters. The molecule has 0 aromatic heterocycles. The molecule has 0 aromatic rings. The summed E-state index contributed by atoms with van der Waals surface area (Å²) in [7, 11) is 1.16. The molecule has 0 aliphatic heterocycles. The predicted molar refractivity (Wildman–Crippen MR) is 40.3 cm³/mol. The van der Waals surface area contributed by atoms with Crippen LogP contribution in [-0.4, -0.2) is 22.6 Å². The highest BCUT2D eigenvalue weighted by Gasteiger charge is 1.89. The number of unbranched alkanes of at least 4 members (excludes halogenated alkanes) is 1. The molecule has 0 radical (unpaired) electrons. The van der Waals surface area contributed by atoms with Gasteiger partial charge >= 0.3 is 0 Å². The number of rotatable bonds is 4. The normalized spacial score (nSPS) is 14.2. The van der Waals surface area contributed by atoms with Crippen molar-refractivity contribution in [1.29, 1.82) is 0 Å². The van der Waals surface area contributed by atoms with Gasteiger partial charge in [-0.3, -0.25) is 0 Å². The summed E-state index contributed by atoms with van der Waals surface area (Å²) in [5, 5.41) is 0. The van der Waals surface area contributed by atoms with Gasteiger partial charge < -0.3 is 4.74 Å². The molecule has 0 spiro atoms. The molecule has 50 valence electrons. The quantitative estimate of drug-likeness (QED) is 0.400. The molecule has 0 heterocycles. The van der Waals surface area contributed by atoms with Gasteiger partial charge in [-0.15, -0.1) is 0 Å². The molecule has 0 aromatic carbocycles. The third-order valence-corrected chi connectivity index (χ3v) is 1.28. The van der Waals surface area contributed by atoms with E-state index in [2.05, 4.69) is 13.8 Å².